The molecular formula is C22H39FIN5O. The first-order valence-electron chi connectivity index (χ1n) is 10.6. The highest BCUT2D eigenvalue weighted by atomic mass is 127. The summed E-state index contributed by atoms with van der Waals surface area (Å²) in [6, 6.07) is 7.15. The molecule has 1 amide bonds. The summed E-state index contributed by atoms with van der Waals surface area (Å²) in [5, 5.41) is 6.54. The van der Waals surface area contributed by atoms with Gasteiger partial charge in [-0.3, -0.25) is 14.7 Å². The fourth-order valence-corrected chi connectivity index (χ4v) is 3.28. The molecule has 0 aromatic heterocycles. The van der Waals surface area contributed by atoms with Gasteiger partial charge in [0.1, 0.15) is 5.82 Å². The Morgan fingerprint density at radius 2 is 1.73 bits per heavy atom. The van der Waals surface area contributed by atoms with Crippen LogP contribution in [0.15, 0.2) is 29.3 Å². The number of halogens is 2. The monoisotopic (exact) mass is 535 g/mol. The molecule has 172 valence electrons. The van der Waals surface area contributed by atoms with E-state index >= 15 is 0 Å². The van der Waals surface area contributed by atoms with E-state index in [1.54, 1.807) is 12.1 Å². The van der Waals surface area contributed by atoms with Crippen LogP contribution in [0.3, 0.4) is 0 Å². The second kappa shape index (κ2) is 15.4. The first-order chi connectivity index (χ1) is 13.7. The lowest BCUT2D eigenvalue weighted by Gasteiger charge is -2.30. The molecule has 6 nitrogen and oxygen atoms in total. The summed E-state index contributed by atoms with van der Waals surface area (Å²) in [6.45, 7) is 13.7. The van der Waals surface area contributed by atoms with Crippen molar-refractivity contribution in [2.24, 2.45) is 16.6 Å². The molecule has 0 radical (unpaired) electrons. The van der Waals surface area contributed by atoms with Crippen molar-refractivity contribution in [2.75, 3.05) is 26.2 Å². The van der Waals surface area contributed by atoms with E-state index < -0.39 is 11.8 Å². The van der Waals surface area contributed by atoms with Crippen LogP contribution in [0.4, 0.5) is 4.39 Å². The molecule has 0 aliphatic heterocycles. The van der Waals surface area contributed by atoms with E-state index in [4.69, 9.17) is 5.73 Å². The van der Waals surface area contributed by atoms with E-state index in [1.807, 2.05) is 6.92 Å². The van der Waals surface area contributed by atoms with E-state index in [1.165, 1.54) is 12.1 Å². The van der Waals surface area contributed by atoms with Crippen LogP contribution in [-0.4, -0.2) is 55.0 Å². The number of nitrogens with one attached hydrogen (secondary N) is 2. The third-order valence-electron chi connectivity index (χ3n) is 4.82. The Hall–Kier alpha value is -1.42. The molecule has 1 rings (SSSR count). The summed E-state index contributed by atoms with van der Waals surface area (Å²) in [6.07, 6.45) is 1.44. The number of guanidine groups is 1. The third-order valence-corrected chi connectivity index (χ3v) is 4.82. The highest BCUT2D eigenvalue weighted by molar-refractivity contribution is 14.0. The van der Waals surface area contributed by atoms with Gasteiger partial charge in [0.2, 0.25) is 5.91 Å². The standard InChI is InChI=1S/C22H38FN5O.HI/c1-6-25-22(26-12-7-13-28(16(2)3)17(4)5)27-15-19(21(24)29)14-18-8-10-20(23)11-9-18;/h8-11,16-17,19H,6-7,12-15H2,1-5H3,(H2,24,29)(H2,25,26,27);1H. The highest BCUT2D eigenvalue weighted by Crippen LogP contribution is 2.11. The van der Waals surface area contributed by atoms with Crippen molar-refractivity contribution in [3.63, 3.8) is 0 Å². The largest absolute Gasteiger partial charge is 0.369 e. The summed E-state index contributed by atoms with van der Waals surface area (Å²) < 4.78 is 13.1. The molecule has 1 aromatic rings. The van der Waals surface area contributed by atoms with Gasteiger partial charge >= 0.3 is 0 Å². The number of amides is 1. The molecule has 0 heterocycles. The minimum Gasteiger partial charge on any atom is -0.369 e. The molecule has 0 aliphatic carbocycles. The minimum absolute atomic E-state index is 0. The summed E-state index contributed by atoms with van der Waals surface area (Å²) in [7, 11) is 0. The van der Waals surface area contributed by atoms with Crippen LogP contribution in [0.1, 0.15) is 46.6 Å². The van der Waals surface area contributed by atoms with Crippen molar-refractivity contribution in [1.82, 2.24) is 15.5 Å². The molecule has 0 fully saturated rings. The molecule has 0 aliphatic rings. The smallest absolute Gasteiger partial charge is 0.222 e. The van der Waals surface area contributed by atoms with E-state index in [9.17, 15) is 9.18 Å². The second-order valence-corrected chi connectivity index (χ2v) is 7.86. The van der Waals surface area contributed by atoms with Gasteiger partial charge in [0.25, 0.3) is 0 Å². The molecule has 1 atom stereocenters. The number of nitrogens with zero attached hydrogens (tertiary/aromatic N) is 2. The number of carbonyl (C=O) groups excluding carboxylic acids is 1. The van der Waals surface area contributed by atoms with E-state index in [-0.39, 0.29) is 36.3 Å². The quantitative estimate of drug-likeness (QED) is 0.166. The average Bonchev–Trinajstić information content (AvgIpc) is 2.65. The van der Waals surface area contributed by atoms with Crippen molar-refractivity contribution in [3.8, 4) is 0 Å². The van der Waals surface area contributed by atoms with Crippen molar-refractivity contribution >= 4 is 35.8 Å². The third kappa shape index (κ3) is 11.1. The van der Waals surface area contributed by atoms with Crippen LogP contribution in [0.25, 0.3) is 0 Å². The highest BCUT2D eigenvalue weighted by Gasteiger charge is 2.16. The fourth-order valence-electron chi connectivity index (χ4n) is 3.28. The predicted molar refractivity (Wildman–Crippen MR) is 134 cm³/mol. The van der Waals surface area contributed by atoms with Gasteiger partial charge in [-0.1, -0.05) is 12.1 Å². The number of primary amides is 1. The van der Waals surface area contributed by atoms with E-state index in [0.717, 1.165) is 31.6 Å². The van der Waals surface area contributed by atoms with Crippen LogP contribution in [0.2, 0.25) is 0 Å². The summed E-state index contributed by atoms with van der Waals surface area (Å²) in [5.74, 6) is -0.459. The van der Waals surface area contributed by atoms with Crippen LogP contribution >= 0.6 is 24.0 Å². The topological polar surface area (TPSA) is 82.7 Å². The summed E-state index contributed by atoms with van der Waals surface area (Å²) in [5.41, 5.74) is 6.42. The Morgan fingerprint density at radius 1 is 1.13 bits per heavy atom. The van der Waals surface area contributed by atoms with Gasteiger partial charge in [0, 0.05) is 31.7 Å². The minimum atomic E-state index is -0.437. The van der Waals surface area contributed by atoms with Crippen molar-refractivity contribution in [1.29, 1.82) is 0 Å². The normalized spacial score (nSPS) is 12.8. The molecule has 1 aromatic carbocycles. The van der Waals surface area contributed by atoms with Gasteiger partial charge in [-0.2, -0.15) is 0 Å². The van der Waals surface area contributed by atoms with Crippen LogP contribution in [0.5, 0.6) is 0 Å². The Kier molecular flexibility index (Phi) is 14.7. The number of rotatable bonds is 12. The lowest BCUT2D eigenvalue weighted by Crippen LogP contribution is -2.41. The average molecular weight is 535 g/mol. The number of carbonyl (C=O) groups is 1. The summed E-state index contributed by atoms with van der Waals surface area (Å²) >= 11 is 0. The van der Waals surface area contributed by atoms with Gasteiger partial charge < -0.3 is 16.4 Å². The first-order valence-corrected chi connectivity index (χ1v) is 10.6. The molecule has 0 spiro atoms. The molecule has 4 N–H and O–H groups in total. The molecule has 1 unspecified atom stereocenters. The Morgan fingerprint density at radius 3 is 2.23 bits per heavy atom. The molecular weight excluding hydrogens is 496 g/mol. The number of hydrogen-bond donors (Lipinski definition) is 3. The first kappa shape index (κ1) is 28.6. The zero-order chi connectivity index (χ0) is 21.8. The fraction of sp³-hybridized carbons (Fsp3) is 0.636. The Bertz CT molecular complexity index is 629. The van der Waals surface area contributed by atoms with Crippen molar-refractivity contribution < 1.29 is 9.18 Å². The molecule has 30 heavy (non-hydrogen) atoms. The maximum atomic E-state index is 13.1. The SMILES string of the molecule is CCNC(=NCC(Cc1ccc(F)cc1)C(N)=O)NCCCN(C(C)C)C(C)C.I. The molecule has 0 saturated heterocycles. The number of nitrogens with two attached hydrogens (primary N) is 1. The number of benzene rings is 1. The van der Waals surface area contributed by atoms with Gasteiger partial charge in [-0.15, -0.1) is 24.0 Å². The van der Waals surface area contributed by atoms with Gasteiger partial charge in [0.05, 0.1) is 12.5 Å². The van der Waals surface area contributed by atoms with Crippen molar-refractivity contribution in [3.05, 3.63) is 35.6 Å². The second-order valence-electron chi connectivity index (χ2n) is 7.86. The van der Waals surface area contributed by atoms with Gasteiger partial charge in [0.15, 0.2) is 5.96 Å². The van der Waals surface area contributed by atoms with Crippen molar-refractivity contribution in [2.45, 2.75) is 59.5 Å². The maximum absolute atomic E-state index is 13.1. The van der Waals surface area contributed by atoms with Crippen LogP contribution in [-0.2, 0) is 11.2 Å². The van der Waals surface area contributed by atoms with Gasteiger partial charge in [-0.05, 0) is 65.2 Å². The van der Waals surface area contributed by atoms with Crippen LogP contribution < -0.4 is 16.4 Å². The molecule has 8 heteroatoms. The zero-order valence-corrected chi connectivity index (χ0v) is 21.3. The molecule has 0 saturated carbocycles. The predicted octanol–water partition coefficient (Wildman–Crippen LogP) is 3.15. The lowest BCUT2D eigenvalue weighted by atomic mass is 9.99. The van der Waals surface area contributed by atoms with Crippen LogP contribution in [0, 0.1) is 11.7 Å². The zero-order valence-electron chi connectivity index (χ0n) is 19.0. The number of aliphatic imine (C=N–C) groups is 1. The molecule has 0 bridgehead atoms. The van der Waals surface area contributed by atoms with Gasteiger partial charge in [-0.25, -0.2) is 4.39 Å². The van der Waals surface area contributed by atoms with E-state index in [0.29, 0.717) is 24.5 Å². The Balaban J connectivity index is 0.00000841. The number of hydrogen-bond acceptors (Lipinski definition) is 3. The maximum Gasteiger partial charge on any atom is 0.222 e. The Labute approximate surface area is 198 Å². The lowest BCUT2D eigenvalue weighted by molar-refractivity contribution is -0.121. The summed E-state index contributed by atoms with van der Waals surface area (Å²) in [4.78, 5) is 18.8. The van der Waals surface area contributed by atoms with E-state index in [2.05, 4.69) is 48.2 Å².